The molecule has 0 aromatic carbocycles. The van der Waals surface area contributed by atoms with Crippen LogP contribution >= 0.6 is 0 Å². The average molecular weight is 318 g/mol. The second kappa shape index (κ2) is 13.0. The van der Waals surface area contributed by atoms with Crippen molar-refractivity contribution in [2.24, 2.45) is 0 Å². The molecular formula is C15H30O5Si. The Morgan fingerprint density at radius 2 is 1.38 bits per heavy atom. The molecule has 21 heavy (non-hydrogen) atoms. The number of carbonyl (C=O) groups is 1. The lowest BCUT2D eigenvalue weighted by Gasteiger charge is -2.29. The number of allylic oxidation sites excluding steroid dienone is 1. The summed E-state index contributed by atoms with van der Waals surface area (Å²) in [5.74, 6) is -0.345. The molecule has 124 valence electrons. The monoisotopic (exact) mass is 318 g/mol. The minimum atomic E-state index is -2.75. The SMILES string of the molecule is CC=CC(=O)OCC[Si](OCCC)(OCCC)OCCC. The Hall–Kier alpha value is -0.693. The van der Waals surface area contributed by atoms with Gasteiger partial charge in [0.2, 0.25) is 0 Å². The highest BCUT2D eigenvalue weighted by Gasteiger charge is 2.41. The lowest BCUT2D eigenvalue weighted by molar-refractivity contribution is -0.137. The molecule has 0 N–H and O–H groups in total. The fraction of sp³-hybridized carbons (Fsp3) is 0.800. The molecule has 0 fully saturated rings. The molecule has 0 radical (unpaired) electrons. The molecule has 0 aliphatic rings. The fourth-order valence-corrected chi connectivity index (χ4v) is 4.16. The second-order valence-corrected chi connectivity index (χ2v) is 7.38. The Bertz CT molecular complexity index is 272. The normalized spacial score (nSPS) is 12.0. The van der Waals surface area contributed by atoms with Gasteiger partial charge in [0.15, 0.2) is 0 Å². The molecule has 0 saturated carbocycles. The Labute approximate surface area is 130 Å². The number of carbonyl (C=O) groups excluding carboxylic acids is 1. The third kappa shape index (κ3) is 9.79. The van der Waals surface area contributed by atoms with Gasteiger partial charge in [0.25, 0.3) is 0 Å². The van der Waals surface area contributed by atoms with Gasteiger partial charge in [0, 0.05) is 25.9 Å². The van der Waals surface area contributed by atoms with Gasteiger partial charge in [-0.05, 0) is 26.2 Å². The molecule has 0 heterocycles. The highest BCUT2D eigenvalue weighted by atomic mass is 28.4. The van der Waals surface area contributed by atoms with Crippen LogP contribution in [0.25, 0.3) is 0 Å². The Morgan fingerprint density at radius 1 is 0.905 bits per heavy atom. The predicted molar refractivity (Wildman–Crippen MR) is 85.1 cm³/mol. The minimum absolute atomic E-state index is 0.256. The third-order valence-corrected chi connectivity index (χ3v) is 5.28. The van der Waals surface area contributed by atoms with Crippen LogP contribution in [0.1, 0.15) is 47.0 Å². The fourth-order valence-electron chi connectivity index (χ4n) is 1.58. The van der Waals surface area contributed by atoms with E-state index in [0.29, 0.717) is 25.9 Å². The summed E-state index contributed by atoms with van der Waals surface area (Å²) < 4.78 is 22.9. The minimum Gasteiger partial charge on any atom is -0.463 e. The Balaban J connectivity index is 4.58. The van der Waals surface area contributed by atoms with Gasteiger partial charge in [-0.25, -0.2) is 4.79 Å². The summed E-state index contributed by atoms with van der Waals surface area (Å²) in [6, 6.07) is 0.496. The maximum atomic E-state index is 11.4. The van der Waals surface area contributed by atoms with Gasteiger partial charge in [0.1, 0.15) is 0 Å². The zero-order valence-corrected chi connectivity index (χ0v) is 14.9. The van der Waals surface area contributed by atoms with Crippen LogP contribution in [0.4, 0.5) is 0 Å². The van der Waals surface area contributed by atoms with Crippen molar-refractivity contribution in [1.82, 2.24) is 0 Å². The first kappa shape index (κ1) is 20.3. The zero-order chi connectivity index (χ0) is 16.0. The first-order chi connectivity index (χ1) is 10.1. The summed E-state index contributed by atoms with van der Waals surface area (Å²) in [5.41, 5.74) is 0. The van der Waals surface area contributed by atoms with E-state index in [2.05, 4.69) is 0 Å². The predicted octanol–water partition coefficient (Wildman–Crippen LogP) is 3.32. The zero-order valence-electron chi connectivity index (χ0n) is 13.9. The van der Waals surface area contributed by atoms with E-state index >= 15 is 0 Å². The van der Waals surface area contributed by atoms with Crippen molar-refractivity contribution in [2.75, 3.05) is 26.4 Å². The van der Waals surface area contributed by atoms with Crippen LogP contribution in [-0.2, 0) is 22.8 Å². The molecule has 0 aromatic heterocycles. The molecule has 0 aromatic rings. The summed E-state index contributed by atoms with van der Waals surface area (Å²) in [5, 5.41) is 0. The van der Waals surface area contributed by atoms with Gasteiger partial charge in [0.05, 0.1) is 12.7 Å². The van der Waals surface area contributed by atoms with E-state index in [1.807, 2.05) is 20.8 Å². The van der Waals surface area contributed by atoms with Crippen LogP contribution in [0.3, 0.4) is 0 Å². The van der Waals surface area contributed by atoms with Crippen molar-refractivity contribution < 1.29 is 22.8 Å². The van der Waals surface area contributed by atoms with E-state index in [9.17, 15) is 4.79 Å². The smallest absolute Gasteiger partial charge is 0.463 e. The molecular weight excluding hydrogens is 288 g/mol. The second-order valence-electron chi connectivity index (χ2n) is 4.65. The molecule has 0 aliphatic heterocycles. The van der Waals surface area contributed by atoms with Gasteiger partial charge in [-0.15, -0.1) is 0 Å². The molecule has 0 unspecified atom stereocenters. The van der Waals surface area contributed by atoms with Crippen molar-refractivity contribution in [3.63, 3.8) is 0 Å². The number of hydrogen-bond donors (Lipinski definition) is 0. The Morgan fingerprint density at radius 3 is 1.76 bits per heavy atom. The van der Waals surface area contributed by atoms with E-state index in [1.54, 1.807) is 13.0 Å². The number of ether oxygens (including phenoxy) is 1. The van der Waals surface area contributed by atoms with Gasteiger partial charge in [-0.2, -0.15) is 0 Å². The van der Waals surface area contributed by atoms with Crippen molar-refractivity contribution in [1.29, 1.82) is 0 Å². The van der Waals surface area contributed by atoms with Crippen molar-refractivity contribution in [2.45, 2.75) is 53.0 Å². The highest BCUT2D eigenvalue weighted by Crippen LogP contribution is 2.17. The summed E-state index contributed by atoms with van der Waals surface area (Å²) in [6.45, 7) is 9.97. The largest absolute Gasteiger partial charge is 0.504 e. The topological polar surface area (TPSA) is 54.0 Å². The summed E-state index contributed by atoms with van der Waals surface area (Å²) >= 11 is 0. The highest BCUT2D eigenvalue weighted by molar-refractivity contribution is 6.60. The van der Waals surface area contributed by atoms with Gasteiger partial charge in [-0.3, -0.25) is 0 Å². The van der Waals surface area contributed by atoms with Crippen LogP contribution in [0.15, 0.2) is 12.2 Å². The van der Waals surface area contributed by atoms with Gasteiger partial charge < -0.3 is 18.0 Å². The molecule has 5 nitrogen and oxygen atoms in total. The van der Waals surface area contributed by atoms with Crippen molar-refractivity contribution in [3.8, 4) is 0 Å². The molecule has 0 aliphatic carbocycles. The first-order valence-corrected chi connectivity index (χ1v) is 9.78. The number of esters is 1. The lowest BCUT2D eigenvalue weighted by Crippen LogP contribution is -2.47. The van der Waals surface area contributed by atoms with Crippen LogP contribution in [0.5, 0.6) is 0 Å². The molecule has 0 bridgehead atoms. The number of rotatable bonds is 13. The van der Waals surface area contributed by atoms with Crippen molar-refractivity contribution in [3.05, 3.63) is 12.2 Å². The van der Waals surface area contributed by atoms with Crippen LogP contribution < -0.4 is 0 Å². The molecule has 0 saturated heterocycles. The Kier molecular flexibility index (Phi) is 12.6. The van der Waals surface area contributed by atoms with E-state index in [4.69, 9.17) is 18.0 Å². The molecule has 0 amide bonds. The van der Waals surface area contributed by atoms with Gasteiger partial charge >= 0.3 is 14.8 Å². The molecule has 0 atom stereocenters. The van der Waals surface area contributed by atoms with E-state index < -0.39 is 8.80 Å². The molecule has 0 spiro atoms. The van der Waals surface area contributed by atoms with E-state index in [1.165, 1.54) is 6.08 Å². The molecule has 0 rings (SSSR count). The number of hydrogen-bond acceptors (Lipinski definition) is 5. The quantitative estimate of drug-likeness (QED) is 0.296. The summed E-state index contributed by atoms with van der Waals surface area (Å²) in [4.78, 5) is 11.4. The third-order valence-electron chi connectivity index (χ3n) is 2.53. The van der Waals surface area contributed by atoms with Crippen LogP contribution in [0, 0.1) is 0 Å². The lowest BCUT2D eigenvalue weighted by atomic mass is 10.5. The average Bonchev–Trinajstić information content (AvgIpc) is 2.48. The van der Waals surface area contributed by atoms with E-state index in [-0.39, 0.29) is 12.6 Å². The van der Waals surface area contributed by atoms with Crippen LogP contribution in [-0.4, -0.2) is 41.2 Å². The van der Waals surface area contributed by atoms with E-state index in [0.717, 1.165) is 19.3 Å². The van der Waals surface area contributed by atoms with Crippen molar-refractivity contribution >= 4 is 14.8 Å². The maximum absolute atomic E-state index is 11.4. The summed E-state index contributed by atoms with van der Waals surface area (Å²) in [6.07, 6.45) is 5.76. The summed E-state index contributed by atoms with van der Waals surface area (Å²) in [7, 11) is -2.75. The van der Waals surface area contributed by atoms with Crippen LogP contribution in [0.2, 0.25) is 6.04 Å². The first-order valence-electron chi connectivity index (χ1n) is 7.85. The van der Waals surface area contributed by atoms with Gasteiger partial charge in [-0.1, -0.05) is 26.8 Å². The standard InChI is InChI=1S/C15H30O5Si/c1-5-9-15(16)17-13-14-21(18-10-6-2,19-11-7-3)20-12-8-4/h5,9H,6-8,10-14H2,1-4H3. The molecule has 6 heteroatoms. The maximum Gasteiger partial charge on any atom is 0.504 e.